The van der Waals surface area contributed by atoms with Gasteiger partial charge in [0.25, 0.3) is 5.91 Å². The molecule has 0 aliphatic heterocycles. The average molecular weight is 436 g/mol. The lowest BCUT2D eigenvalue weighted by atomic mass is 10.2. The molecule has 0 heterocycles. The first kappa shape index (κ1) is 21.5. The van der Waals surface area contributed by atoms with Gasteiger partial charge in [0.2, 0.25) is 0 Å². The molecule has 0 aromatic heterocycles. The molecule has 0 radical (unpaired) electrons. The van der Waals surface area contributed by atoms with Crippen LogP contribution in [0.3, 0.4) is 0 Å². The molecular weight excluding hydrogens is 423 g/mol. The highest BCUT2D eigenvalue weighted by molar-refractivity contribution is 7.92. The Kier molecular flexibility index (Phi) is 6.52. The third kappa shape index (κ3) is 6.13. The van der Waals surface area contributed by atoms with Crippen LogP contribution in [0.15, 0.2) is 53.4 Å². The molecule has 0 saturated heterocycles. The molecule has 0 bridgehead atoms. The van der Waals surface area contributed by atoms with E-state index in [0.717, 1.165) is 12.1 Å². The predicted molar refractivity (Wildman–Crippen MR) is 95.2 cm³/mol. The third-order valence-electron chi connectivity index (χ3n) is 3.26. The maximum Gasteiger partial charge on any atom is 0.416 e. The van der Waals surface area contributed by atoms with Crippen LogP contribution in [0.2, 0.25) is 5.02 Å². The van der Waals surface area contributed by atoms with E-state index in [4.69, 9.17) is 11.6 Å². The van der Waals surface area contributed by atoms with Gasteiger partial charge in [-0.3, -0.25) is 10.2 Å². The molecule has 0 spiro atoms. The summed E-state index contributed by atoms with van der Waals surface area (Å²) in [4.78, 5) is 23.3. The van der Waals surface area contributed by atoms with E-state index in [9.17, 15) is 31.2 Å². The van der Waals surface area contributed by atoms with Gasteiger partial charge in [-0.05, 0) is 42.5 Å². The average Bonchev–Trinajstić information content (AvgIpc) is 2.59. The van der Waals surface area contributed by atoms with E-state index in [1.54, 1.807) is 0 Å². The molecule has 28 heavy (non-hydrogen) atoms. The standard InChI is InChI=1S/C16H13ClF3N3O4S/c17-11-4-6-13(7-5-11)28(26,27)9-14(24)22-23-15(25)21-12-3-1-2-10(8-12)16(18,19)20/h1-8H,9H2,(H,22,24)(H2,21,23,25). The fourth-order valence-electron chi connectivity index (χ4n) is 2.00. The van der Waals surface area contributed by atoms with Gasteiger partial charge in [-0.15, -0.1) is 0 Å². The zero-order valence-electron chi connectivity index (χ0n) is 13.9. The highest BCUT2D eigenvalue weighted by Crippen LogP contribution is 2.30. The fraction of sp³-hybridized carbons (Fsp3) is 0.125. The summed E-state index contributed by atoms with van der Waals surface area (Å²) in [5, 5.41) is 2.40. The summed E-state index contributed by atoms with van der Waals surface area (Å²) in [6, 6.07) is 7.89. The summed E-state index contributed by atoms with van der Waals surface area (Å²) in [5.41, 5.74) is 2.57. The number of nitrogens with one attached hydrogen (secondary N) is 3. The molecule has 2 aromatic carbocycles. The van der Waals surface area contributed by atoms with Crippen LogP contribution in [0, 0.1) is 0 Å². The quantitative estimate of drug-likeness (QED) is 0.642. The van der Waals surface area contributed by atoms with Crippen LogP contribution in [0.25, 0.3) is 0 Å². The lowest BCUT2D eigenvalue weighted by molar-refractivity contribution is -0.137. The van der Waals surface area contributed by atoms with Crippen molar-refractivity contribution < 1.29 is 31.2 Å². The van der Waals surface area contributed by atoms with Gasteiger partial charge in [0.15, 0.2) is 9.84 Å². The second-order valence-corrected chi connectivity index (χ2v) is 7.84. The third-order valence-corrected chi connectivity index (χ3v) is 5.14. The summed E-state index contributed by atoms with van der Waals surface area (Å²) in [7, 11) is -3.97. The van der Waals surface area contributed by atoms with Crippen molar-refractivity contribution in [3.05, 3.63) is 59.1 Å². The van der Waals surface area contributed by atoms with Crippen molar-refractivity contribution in [3.8, 4) is 0 Å². The van der Waals surface area contributed by atoms with Gasteiger partial charge in [-0.1, -0.05) is 17.7 Å². The molecule has 0 atom stereocenters. The molecule has 0 saturated carbocycles. The summed E-state index contributed by atoms with van der Waals surface area (Å²) in [6.07, 6.45) is -4.58. The maximum atomic E-state index is 12.6. The summed E-state index contributed by atoms with van der Waals surface area (Å²) in [6.45, 7) is 0. The molecule has 2 aromatic rings. The highest BCUT2D eigenvalue weighted by atomic mass is 35.5. The Labute approximate surface area is 162 Å². The Morgan fingerprint density at radius 1 is 1.00 bits per heavy atom. The number of halogens is 4. The van der Waals surface area contributed by atoms with E-state index in [1.165, 1.54) is 30.3 Å². The highest BCUT2D eigenvalue weighted by Gasteiger charge is 2.30. The Balaban J connectivity index is 1.90. The van der Waals surface area contributed by atoms with Crippen LogP contribution in [0.5, 0.6) is 0 Å². The minimum absolute atomic E-state index is 0.138. The predicted octanol–water partition coefficient (Wildman–Crippen LogP) is 2.99. The Morgan fingerprint density at radius 3 is 2.25 bits per heavy atom. The first-order valence-corrected chi connectivity index (χ1v) is 9.52. The first-order chi connectivity index (χ1) is 13.0. The lowest BCUT2D eigenvalue weighted by Gasteiger charge is -2.11. The number of urea groups is 1. The number of benzene rings is 2. The van der Waals surface area contributed by atoms with Gasteiger partial charge in [0.1, 0.15) is 5.75 Å². The number of alkyl halides is 3. The van der Waals surface area contributed by atoms with Crippen molar-refractivity contribution in [1.82, 2.24) is 10.9 Å². The first-order valence-electron chi connectivity index (χ1n) is 7.49. The second-order valence-electron chi connectivity index (χ2n) is 5.42. The summed E-state index contributed by atoms with van der Waals surface area (Å²) >= 11 is 5.66. The van der Waals surface area contributed by atoms with Gasteiger partial charge < -0.3 is 5.32 Å². The van der Waals surface area contributed by atoms with E-state index >= 15 is 0 Å². The normalized spacial score (nSPS) is 11.6. The van der Waals surface area contributed by atoms with Gasteiger partial charge >= 0.3 is 12.2 Å². The Bertz CT molecular complexity index is 979. The van der Waals surface area contributed by atoms with Gasteiger partial charge in [-0.25, -0.2) is 18.6 Å². The van der Waals surface area contributed by atoms with E-state index in [2.05, 4.69) is 5.32 Å². The largest absolute Gasteiger partial charge is 0.416 e. The number of carbonyl (C=O) groups is 2. The molecule has 0 aliphatic carbocycles. The smallest absolute Gasteiger partial charge is 0.307 e. The fourth-order valence-corrected chi connectivity index (χ4v) is 3.26. The molecular formula is C16H13ClF3N3O4S. The number of hydrogen-bond donors (Lipinski definition) is 3. The molecule has 7 nitrogen and oxygen atoms in total. The molecule has 0 aliphatic rings. The minimum Gasteiger partial charge on any atom is -0.307 e. The molecule has 3 amide bonds. The summed E-state index contributed by atoms with van der Waals surface area (Å²) in [5.74, 6) is -2.01. The maximum absolute atomic E-state index is 12.6. The van der Waals surface area contributed by atoms with Crippen molar-refractivity contribution in [3.63, 3.8) is 0 Å². The van der Waals surface area contributed by atoms with Crippen molar-refractivity contribution in [1.29, 1.82) is 0 Å². The van der Waals surface area contributed by atoms with E-state index in [1.807, 2.05) is 10.9 Å². The van der Waals surface area contributed by atoms with E-state index in [-0.39, 0.29) is 10.6 Å². The monoisotopic (exact) mass is 435 g/mol. The number of rotatable bonds is 4. The van der Waals surface area contributed by atoms with Crippen LogP contribution in [-0.2, 0) is 20.8 Å². The number of carbonyl (C=O) groups excluding carboxylic acids is 2. The lowest BCUT2D eigenvalue weighted by Crippen LogP contribution is -2.46. The van der Waals surface area contributed by atoms with Crippen LogP contribution in [0.4, 0.5) is 23.7 Å². The minimum atomic E-state index is -4.58. The zero-order chi connectivity index (χ0) is 20.9. The van der Waals surface area contributed by atoms with Gasteiger partial charge in [0.05, 0.1) is 10.5 Å². The van der Waals surface area contributed by atoms with Crippen molar-refractivity contribution >= 4 is 39.1 Å². The van der Waals surface area contributed by atoms with E-state index < -0.39 is 39.3 Å². The Morgan fingerprint density at radius 2 is 1.64 bits per heavy atom. The van der Waals surface area contributed by atoms with Crippen molar-refractivity contribution in [2.75, 3.05) is 11.1 Å². The van der Waals surface area contributed by atoms with Crippen molar-refractivity contribution in [2.24, 2.45) is 0 Å². The topological polar surface area (TPSA) is 104 Å². The van der Waals surface area contributed by atoms with Gasteiger partial charge in [-0.2, -0.15) is 13.2 Å². The molecule has 0 fully saturated rings. The number of hydrogen-bond acceptors (Lipinski definition) is 4. The molecule has 150 valence electrons. The van der Waals surface area contributed by atoms with E-state index in [0.29, 0.717) is 11.1 Å². The van der Waals surface area contributed by atoms with Crippen LogP contribution < -0.4 is 16.2 Å². The molecule has 12 heteroatoms. The zero-order valence-corrected chi connectivity index (χ0v) is 15.5. The van der Waals surface area contributed by atoms with Crippen LogP contribution >= 0.6 is 11.6 Å². The number of amides is 3. The van der Waals surface area contributed by atoms with Gasteiger partial charge in [0, 0.05) is 10.7 Å². The summed E-state index contributed by atoms with van der Waals surface area (Å²) < 4.78 is 62.1. The van der Waals surface area contributed by atoms with Crippen molar-refractivity contribution in [2.45, 2.75) is 11.1 Å². The number of sulfone groups is 1. The SMILES string of the molecule is O=C(CS(=O)(=O)c1ccc(Cl)cc1)NNC(=O)Nc1cccc(C(F)(F)F)c1. The van der Waals surface area contributed by atoms with Crippen LogP contribution in [-0.4, -0.2) is 26.1 Å². The second kappa shape index (κ2) is 8.48. The number of hydrazine groups is 1. The van der Waals surface area contributed by atoms with Crippen LogP contribution in [0.1, 0.15) is 5.56 Å². The number of anilines is 1. The molecule has 2 rings (SSSR count). The molecule has 3 N–H and O–H groups in total. The Hall–Kier alpha value is -2.79. The molecule has 0 unspecified atom stereocenters.